The highest BCUT2D eigenvalue weighted by Gasteiger charge is 2.21. The molecule has 57 heavy (non-hydrogen) atoms. The molecule has 0 fully saturated rings. The van der Waals surface area contributed by atoms with E-state index < -0.39 is 0 Å². The second-order valence-corrected chi connectivity index (χ2v) is 16.7. The zero-order valence-electron chi connectivity index (χ0n) is 30.6. The van der Waals surface area contributed by atoms with Gasteiger partial charge in [-0.2, -0.15) is 0 Å². The topological polar surface area (TPSA) is 30.7 Å². The third kappa shape index (κ3) is 5.17. The lowest BCUT2D eigenvalue weighted by molar-refractivity contribution is 1.17. The third-order valence-electron chi connectivity index (χ3n) is 11.2. The number of fused-ring (bicyclic) bond motifs is 9. The van der Waals surface area contributed by atoms with E-state index in [2.05, 4.69) is 180 Å². The Morgan fingerprint density at radius 3 is 1.74 bits per heavy atom. The van der Waals surface area contributed by atoms with Crippen LogP contribution in [0.3, 0.4) is 0 Å². The highest BCUT2D eigenvalue weighted by Crippen LogP contribution is 2.47. The molecule has 4 aromatic heterocycles. The summed E-state index contributed by atoms with van der Waals surface area (Å²) in [4.78, 5) is 10.4. The molecule has 0 radical (unpaired) electrons. The van der Waals surface area contributed by atoms with Gasteiger partial charge in [0.15, 0.2) is 5.82 Å². The van der Waals surface area contributed by atoms with E-state index in [0.29, 0.717) is 5.82 Å². The molecule has 0 aliphatic carbocycles. The van der Waals surface area contributed by atoms with Gasteiger partial charge in [0.25, 0.3) is 0 Å². The molecule has 12 aromatic rings. The van der Waals surface area contributed by atoms with Gasteiger partial charge in [-0.05, 0) is 54.1 Å². The smallest absolute Gasteiger partial charge is 0.160 e. The summed E-state index contributed by atoms with van der Waals surface area (Å²) in [6.07, 6.45) is 0. The fraction of sp³-hybridized carbons (Fsp3) is 0. The fourth-order valence-corrected chi connectivity index (χ4v) is 11.0. The Hall–Kier alpha value is -6.92. The van der Waals surface area contributed by atoms with Crippen LogP contribution in [0.1, 0.15) is 0 Å². The Kier molecular flexibility index (Phi) is 7.27. The molecule has 0 amide bonds. The van der Waals surface area contributed by atoms with Crippen molar-refractivity contribution < 1.29 is 0 Å². The Morgan fingerprint density at radius 1 is 0.368 bits per heavy atom. The van der Waals surface area contributed by atoms with Crippen LogP contribution >= 0.6 is 22.7 Å². The molecule has 0 atom stereocenters. The van der Waals surface area contributed by atoms with Gasteiger partial charge in [-0.1, -0.05) is 140 Å². The fourth-order valence-electron chi connectivity index (χ4n) is 8.62. The molecule has 0 spiro atoms. The maximum atomic E-state index is 5.22. The van der Waals surface area contributed by atoms with Crippen LogP contribution in [0.25, 0.3) is 113 Å². The second-order valence-electron chi connectivity index (χ2n) is 14.5. The van der Waals surface area contributed by atoms with Gasteiger partial charge in [-0.3, -0.25) is 0 Å². The maximum absolute atomic E-state index is 5.22. The number of benzene rings is 8. The number of para-hydroxylation sites is 1. The molecule has 5 heteroatoms. The van der Waals surface area contributed by atoms with E-state index in [1.54, 1.807) is 0 Å². The minimum atomic E-state index is 0.699. The van der Waals surface area contributed by atoms with Crippen LogP contribution in [-0.2, 0) is 0 Å². The summed E-state index contributed by atoms with van der Waals surface area (Å²) in [5, 5.41) is 7.59. The van der Waals surface area contributed by atoms with Crippen molar-refractivity contribution in [3.05, 3.63) is 188 Å². The summed E-state index contributed by atoms with van der Waals surface area (Å²) in [7, 11) is 0. The first-order chi connectivity index (χ1) is 28.2. The third-order valence-corrected chi connectivity index (χ3v) is 13.6. The van der Waals surface area contributed by atoms with Crippen LogP contribution in [0.4, 0.5) is 0 Å². The lowest BCUT2D eigenvalue weighted by Crippen LogP contribution is -1.97. The molecule has 0 aliphatic heterocycles. The zero-order chi connectivity index (χ0) is 37.5. The van der Waals surface area contributed by atoms with E-state index in [1.807, 2.05) is 34.8 Å². The van der Waals surface area contributed by atoms with E-state index in [-0.39, 0.29) is 0 Å². The summed E-state index contributed by atoms with van der Waals surface area (Å²) >= 11 is 3.76. The van der Waals surface area contributed by atoms with Crippen molar-refractivity contribution in [1.29, 1.82) is 0 Å². The predicted molar refractivity (Wildman–Crippen MR) is 244 cm³/mol. The van der Waals surface area contributed by atoms with Gasteiger partial charge in [-0.15, -0.1) is 22.7 Å². The minimum absolute atomic E-state index is 0.699. The molecule has 0 saturated heterocycles. The Balaban J connectivity index is 1.14. The van der Waals surface area contributed by atoms with E-state index in [0.717, 1.165) is 44.8 Å². The molecular weight excluding hydrogens is 731 g/mol. The van der Waals surface area contributed by atoms with Crippen molar-refractivity contribution in [2.75, 3.05) is 0 Å². The van der Waals surface area contributed by atoms with Crippen molar-refractivity contribution in [3.63, 3.8) is 0 Å². The first-order valence-electron chi connectivity index (χ1n) is 19.1. The van der Waals surface area contributed by atoms with Crippen LogP contribution in [0, 0.1) is 0 Å². The normalized spacial score (nSPS) is 11.9. The van der Waals surface area contributed by atoms with Gasteiger partial charge < -0.3 is 4.57 Å². The molecule has 0 saturated carbocycles. The number of hydrogen-bond donors (Lipinski definition) is 0. The Labute approximate surface area is 336 Å². The molecule has 0 bridgehead atoms. The molecule has 4 heterocycles. The summed E-state index contributed by atoms with van der Waals surface area (Å²) in [5.74, 6) is 0.699. The standard InChI is InChI=1S/C52H31N3S2/c1-3-14-32(15-4-1)43-31-44(33-16-5-2-6-17-33)54-52(53-43)34-26-27-37-36-18-7-10-22-45(36)55(46(37)28-34)35-29-41-38-19-8-11-23-47(38)57-51(41)42(30-35)39-21-13-25-49-50(39)40-20-9-12-24-48(40)56-49/h1-31H. The van der Waals surface area contributed by atoms with Crippen molar-refractivity contribution in [2.24, 2.45) is 0 Å². The van der Waals surface area contributed by atoms with Crippen molar-refractivity contribution in [1.82, 2.24) is 14.5 Å². The SMILES string of the molecule is c1ccc(-c2cc(-c3ccccc3)nc(-c3ccc4c5ccccc5n(-c5cc(-c6cccc7sc8ccccc8c67)c6sc7ccccc7c6c5)c4c3)n2)cc1. The van der Waals surface area contributed by atoms with Crippen LogP contribution in [-0.4, -0.2) is 14.5 Å². The molecule has 266 valence electrons. The minimum Gasteiger partial charge on any atom is -0.309 e. The average molecular weight is 762 g/mol. The van der Waals surface area contributed by atoms with Crippen LogP contribution in [0.15, 0.2) is 188 Å². The molecule has 8 aromatic carbocycles. The summed E-state index contributed by atoms with van der Waals surface area (Å²) in [5.41, 5.74) is 10.8. The highest BCUT2D eigenvalue weighted by atomic mass is 32.1. The van der Waals surface area contributed by atoms with Crippen molar-refractivity contribution in [3.8, 4) is 50.7 Å². The largest absolute Gasteiger partial charge is 0.309 e. The lowest BCUT2D eigenvalue weighted by Gasteiger charge is -2.14. The molecule has 0 N–H and O–H groups in total. The first kappa shape index (κ1) is 32.3. The van der Waals surface area contributed by atoms with Gasteiger partial charge in [0.1, 0.15) is 0 Å². The van der Waals surface area contributed by atoms with Crippen molar-refractivity contribution >= 4 is 84.8 Å². The van der Waals surface area contributed by atoms with Gasteiger partial charge in [0.05, 0.1) is 22.4 Å². The Morgan fingerprint density at radius 2 is 0.982 bits per heavy atom. The average Bonchev–Trinajstić information content (AvgIpc) is 3.96. The molecule has 0 unspecified atom stereocenters. The van der Waals surface area contributed by atoms with Gasteiger partial charge in [0.2, 0.25) is 0 Å². The van der Waals surface area contributed by atoms with Gasteiger partial charge in [0, 0.05) is 79.1 Å². The second kappa shape index (κ2) is 12.8. The Bertz CT molecular complexity index is 3460. The first-order valence-corrected chi connectivity index (χ1v) is 20.8. The van der Waals surface area contributed by atoms with E-state index in [1.165, 1.54) is 62.2 Å². The monoisotopic (exact) mass is 761 g/mol. The molecular formula is C52H31N3S2. The van der Waals surface area contributed by atoms with Crippen LogP contribution in [0.2, 0.25) is 0 Å². The summed E-state index contributed by atoms with van der Waals surface area (Å²) < 4.78 is 7.68. The zero-order valence-corrected chi connectivity index (χ0v) is 32.2. The molecule has 12 rings (SSSR count). The van der Waals surface area contributed by atoms with Gasteiger partial charge >= 0.3 is 0 Å². The quantitative estimate of drug-likeness (QED) is 0.175. The summed E-state index contributed by atoms with van der Waals surface area (Å²) in [6.45, 7) is 0. The number of nitrogens with zero attached hydrogens (tertiary/aromatic N) is 3. The van der Waals surface area contributed by atoms with Crippen molar-refractivity contribution in [2.45, 2.75) is 0 Å². The summed E-state index contributed by atoms with van der Waals surface area (Å²) in [6, 6.07) is 67.7. The lowest BCUT2D eigenvalue weighted by atomic mass is 9.97. The molecule has 0 aliphatic rings. The predicted octanol–water partition coefficient (Wildman–Crippen LogP) is 15.0. The number of hydrogen-bond acceptors (Lipinski definition) is 4. The van der Waals surface area contributed by atoms with E-state index in [9.17, 15) is 0 Å². The number of aromatic nitrogens is 3. The highest BCUT2D eigenvalue weighted by molar-refractivity contribution is 7.26. The maximum Gasteiger partial charge on any atom is 0.160 e. The van der Waals surface area contributed by atoms with Crippen LogP contribution < -0.4 is 0 Å². The van der Waals surface area contributed by atoms with E-state index >= 15 is 0 Å². The van der Waals surface area contributed by atoms with E-state index in [4.69, 9.17) is 9.97 Å². The van der Waals surface area contributed by atoms with Gasteiger partial charge in [-0.25, -0.2) is 9.97 Å². The van der Waals surface area contributed by atoms with Crippen LogP contribution in [0.5, 0.6) is 0 Å². The number of rotatable bonds is 5. The number of thiophene rings is 2. The molecule has 3 nitrogen and oxygen atoms in total.